The molecule has 19 heavy (non-hydrogen) atoms. The molecule has 0 saturated heterocycles. The molecule has 0 radical (unpaired) electrons. The maximum Gasteiger partial charge on any atom is 0.500 e. The number of rotatable bonds is 9. The number of aliphatic imine (C=N–C) groups is 3. The van der Waals surface area contributed by atoms with Crippen LogP contribution in [0.2, 0.25) is 6.04 Å². The van der Waals surface area contributed by atoms with Crippen molar-refractivity contribution in [2.24, 2.45) is 15.0 Å². The Morgan fingerprint density at radius 2 is 1.26 bits per heavy atom. The SMILES string of the molecule is CO[Si](CCC(N=C=O)(N=C=O)N=C=O)(OC)OC. The van der Waals surface area contributed by atoms with E-state index in [4.69, 9.17) is 13.3 Å². The third kappa shape index (κ3) is 4.78. The molecule has 0 rings (SSSR count). The van der Waals surface area contributed by atoms with E-state index < -0.39 is 14.6 Å². The van der Waals surface area contributed by atoms with Crippen LogP contribution >= 0.6 is 0 Å². The van der Waals surface area contributed by atoms with E-state index >= 15 is 0 Å². The quantitative estimate of drug-likeness (QED) is 0.332. The van der Waals surface area contributed by atoms with Crippen molar-refractivity contribution in [1.82, 2.24) is 0 Å². The van der Waals surface area contributed by atoms with Crippen molar-refractivity contribution in [3.63, 3.8) is 0 Å². The Balaban J connectivity index is 5.28. The Morgan fingerprint density at radius 1 is 0.895 bits per heavy atom. The van der Waals surface area contributed by atoms with Crippen molar-refractivity contribution in [3.05, 3.63) is 0 Å². The molecule has 0 fully saturated rings. The second kappa shape index (κ2) is 8.36. The molecule has 0 bridgehead atoms. The predicted octanol–water partition coefficient (Wildman–Crippen LogP) is -0.0842. The van der Waals surface area contributed by atoms with Crippen molar-refractivity contribution in [2.45, 2.75) is 18.3 Å². The molecule has 10 heteroatoms. The zero-order chi connectivity index (χ0) is 14.8. The Bertz CT molecular complexity index is 379. The topological polar surface area (TPSA) is 116 Å². The summed E-state index contributed by atoms with van der Waals surface area (Å²) in [6.07, 6.45) is 3.44. The van der Waals surface area contributed by atoms with Gasteiger partial charge < -0.3 is 13.3 Å². The zero-order valence-electron chi connectivity index (χ0n) is 10.7. The van der Waals surface area contributed by atoms with E-state index in [0.29, 0.717) is 0 Å². The average Bonchev–Trinajstić information content (AvgIpc) is 2.42. The van der Waals surface area contributed by atoms with Crippen LogP contribution in [0, 0.1) is 0 Å². The van der Waals surface area contributed by atoms with Crippen molar-refractivity contribution in [2.75, 3.05) is 21.3 Å². The second-order valence-corrected chi connectivity index (χ2v) is 6.27. The lowest BCUT2D eigenvalue weighted by Crippen LogP contribution is -2.44. The van der Waals surface area contributed by atoms with E-state index in [1.165, 1.54) is 39.6 Å². The van der Waals surface area contributed by atoms with Gasteiger partial charge in [-0.25, -0.2) is 14.4 Å². The number of hydrogen-bond acceptors (Lipinski definition) is 9. The molecule has 0 aliphatic rings. The van der Waals surface area contributed by atoms with Gasteiger partial charge in [0.2, 0.25) is 18.2 Å². The molecular formula is C9H13N3O6Si. The minimum absolute atomic E-state index is 0.109. The highest BCUT2D eigenvalue weighted by molar-refractivity contribution is 6.60. The van der Waals surface area contributed by atoms with Gasteiger partial charge >= 0.3 is 8.80 Å². The third-order valence-corrected chi connectivity index (χ3v) is 5.10. The second-order valence-electron chi connectivity index (χ2n) is 3.18. The first-order chi connectivity index (χ1) is 9.07. The Morgan fingerprint density at radius 3 is 1.53 bits per heavy atom. The number of carbonyl (C=O) groups excluding carboxylic acids is 3. The van der Waals surface area contributed by atoms with Gasteiger partial charge in [0.05, 0.1) is 0 Å². The Hall–Kier alpha value is -1.76. The van der Waals surface area contributed by atoms with Gasteiger partial charge in [0.25, 0.3) is 5.79 Å². The highest BCUT2D eigenvalue weighted by atomic mass is 28.4. The van der Waals surface area contributed by atoms with Gasteiger partial charge in [-0.3, -0.25) is 0 Å². The number of isocyanates is 3. The fourth-order valence-electron chi connectivity index (χ4n) is 1.34. The molecule has 0 amide bonds. The molecule has 0 atom stereocenters. The van der Waals surface area contributed by atoms with Crippen molar-refractivity contribution in [3.8, 4) is 0 Å². The summed E-state index contributed by atoms with van der Waals surface area (Å²) in [6, 6.07) is 0.109. The maximum atomic E-state index is 10.3. The molecule has 0 spiro atoms. The fourth-order valence-corrected chi connectivity index (χ4v) is 3.09. The molecular weight excluding hydrogens is 274 g/mol. The summed E-state index contributed by atoms with van der Waals surface area (Å²) in [7, 11) is 1.17. The van der Waals surface area contributed by atoms with Crippen LogP contribution in [0.1, 0.15) is 6.42 Å². The third-order valence-electron chi connectivity index (χ3n) is 2.37. The van der Waals surface area contributed by atoms with Crippen LogP contribution in [-0.4, -0.2) is 54.2 Å². The minimum atomic E-state index is -2.98. The van der Waals surface area contributed by atoms with Crippen LogP contribution in [-0.2, 0) is 27.7 Å². The van der Waals surface area contributed by atoms with Gasteiger partial charge in [0, 0.05) is 33.8 Å². The van der Waals surface area contributed by atoms with E-state index in [1.54, 1.807) is 0 Å². The van der Waals surface area contributed by atoms with Gasteiger partial charge in [0.15, 0.2) is 0 Å². The van der Waals surface area contributed by atoms with Gasteiger partial charge in [-0.2, -0.15) is 15.0 Å². The molecule has 0 aromatic heterocycles. The van der Waals surface area contributed by atoms with Crippen molar-refractivity contribution in [1.29, 1.82) is 0 Å². The highest BCUT2D eigenvalue weighted by Crippen LogP contribution is 2.26. The maximum absolute atomic E-state index is 10.3. The fraction of sp³-hybridized carbons (Fsp3) is 0.667. The van der Waals surface area contributed by atoms with E-state index in [-0.39, 0.29) is 12.5 Å². The predicted molar refractivity (Wildman–Crippen MR) is 63.3 cm³/mol. The van der Waals surface area contributed by atoms with Crippen LogP contribution in [0.4, 0.5) is 0 Å². The van der Waals surface area contributed by atoms with E-state index in [1.807, 2.05) is 0 Å². The molecule has 104 valence electrons. The number of hydrogen-bond donors (Lipinski definition) is 0. The normalized spacial score (nSPS) is 13.4. The Labute approximate surface area is 110 Å². The Kier molecular flexibility index (Phi) is 7.58. The van der Waals surface area contributed by atoms with Gasteiger partial charge in [-0.05, 0) is 0 Å². The van der Waals surface area contributed by atoms with E-state index in [9.17, 15) is 14.4 Å². The lowest BCUT2D eigenvalue weighted by Gasteiger charge is -2.26. The first-order valence-corrected chi connectivity index (χ1v) is 6.93. The molecule has 0 N–H and O–H groups in total. The monoisotopic (exact) mass is 287 g/mol. The van der Waals surface area contributed by atoms with Crippen LogP contribution in [0.3, 0.4) is 0 Å². The first kappa shape index (κ1) is 17.2. The minimum Gasteiger partial charge on any atom is -0.377 e. The summed E-state index contributed by atoms with van der Waals surface area (Å²) >= 11 is 0. The van der Waals surface area contributed by atoms with Crippen molar-refractivity contribution < 1.29 is 27.7 Å². The molecule has 0 unspecified atom stereocenters. The van der Waals surface area contributed by atoms with Gasteiger partial charge in [-0.1, -0.05) is 0 Å². The molecule has 0 heterocycles. The molecule has 0 saturated carbocycles. The largest absolute Gasteiger partial charge is 0.500 e. The molecule has 0 aliphatic heterocycles. The summed E-state index contributed by atoms with van der Waals surface area (Å²) in [6.45, 7) is 0. The van der Waals surface area contributed by atoms with E-state index in [2.05, 4.69) is 15.0 Å². The van der Waals surface area contributed by atoms with Crippen LogP contribution in [0.5, 0.6) is 0 Å². The summed E-state index contributed by atoms with van der Waals surface area (Å²) in [5.41, 5.74) is 0. The summed E-state index contributed by atoms with van der Waals surface area (Å²) in [4.78, 5) is 40.7. The highest BCUT2D eigenvalue weighted by Gasteiger charge is 2.42. The summed E-state index contributed by atoms with van der Waals surface area (Å²) in [5, 5.41) is 0. The van der Waals surface area contributed by atoms with Crippen LogP contribution in [0.25, 0.3) is 0 Å². The van der Waals surface area contributed by atoms with Crippen molar-refractivity contribution >= 4 is 27.0 Å². The lowest BCUT2D eigenvalue weighted by molar-refractivity contribution is 0.120. The number of nitrogens with zero attached hydrogens (tertiary/aromatic N) is 3. The molecule has 9 nitrogen and oxygen atoms in total. The average molecular weight is 287 g/mol. The summed E-state index contributed by atoms with van der Waals surface area (Å²) < 4.78 is 15.4. The lowest BCUT2D eigenvalue weighted by atomic mass is 10.3. The van der Waals surface area contributed by atoms with Gasteiger partial charge in [0.1, 0.15) is 0 Å². The van der Waals surface area contributed by atoms with Crippen LogP contribution in [0.15, 0.2) is 15.0 Å². The first-order valence-electron chi connectivity index (χ1n) is 5.00. The van der Waals surface area contributed by atoms with E-state index in [0.717, 1.165) is 0 Å². The molecule has 0 aromatic carbocycles. The zero-order valence-corrected chi connectivity index (χ0v) is 11.7. The van der Waals surface area contributed by atoms with Gasteiger partial charge in [-0.15, -0.1) is 0 Å². The summed E-state index contributed by atoms with van der Waals surface area (Å²) in [5.74, 6) is -1.95. The molecule has 0 aromatic rings. The van der Waals surface area contributed by atoms with Crippen LogP contribution < -0.4 is 0 Å². The standard InChI is InChI=1S/C9H13N3O6Si/c1-16-19(17-2,18-3)5-4-9(10-6-13,11-7-14)12-8-15/h4-5H2,1-3H3. The smallest absolute Gasteiger partial charge is 0.377 e. The molecule has 0 aliphatic carbocycles.